The Labute approximate surface area is 85.5 Å². The first kappa shape index (κ1) is 12.0. The molecule has 0 spiro atoms. The minimum absolute atomic E-state index is 0.386. The Balaban J connectivity index is 2.78. The molecule has 15 heavy (non-hydrogen) atoms. The molecular formula is C9H13F3N2O. The summed E-state index contributed by atoms with van der Waals surface area (Å²) in [6, 6.07) is 1.02. The first-order chi connectivity index (χ1) is 6.80. The second-order valence-corrected chi connectivity index (χ2v) is 3.53. The van der Waals surface area contributed by atoms with Gasteiger partial charge in [0.25, 0.3) is 0 Å². The Kier molecular flexibility index (Phi) is 3.38. The number of aromatic nitrogens is 2. The zero-order chi connectivity index (χ0) is 11.6. The summed E-state index contributed by atoms with van der Waals surface area (Å²) in [5.74, 6) is 0. The van der Waals surface area contributed by atoms with Gasteiger partial charge in [0.15, 0.2) is 5.69 Å². The number of alkyl halides is 3. The van der Waals surface area contributed by atoms with E-state index in [1.54, 1.807) is 6.92 Å². The van der Waals surface area contributed by atoms with Gasteiger partial charge in [-0.1, -0.05) is 0 Å². The summed E-state index contributed by atoms with van der Waals surface area (Å²) in [6.07, 6.45) is -4.11. The van der Waals surface area contributed by atoms with Gasteiger partial charge in [-0.05, 0) is 25.8 Å². The minimum Gasteiger partial charge on any atom is -0.393 e. The van der Waals surface area contributed by atoms with Gasteiger partial charge in [-0.3, -0.25) is 4.68 Å². The first-order valence-corrected chi connectivity index (χ1v) is 4.59. The summed E-state index contributed by atoms with van der Waals surface area (Å²) in [6.45, 7) is 1.60. The standard InChI is InChI=1S/C9H13F3N2O/c1-6(15)3-4-7-5-8(9(10,11)12)13-14(7)2/h5-6,15H,3-4H2,1-2H3. The van der Waals surface area contributed by atoms with E-state index in [1.165, 1.54) is 11.7 Å². The fourth-order valence-electron chi connectivity index (χ4n) is 1.24. The number of aryl methyl sites for hydroxylation is 2. The molecule has 1 aromatic heterocycles. The van der Waals surface area contributed by atoms with Crippen LogP contribution in [0.5, 0.6) is 0 Å². The maximum atomic E-state index is 12.3. The zero-order valence-corrected chi connectivity index (χ0v) is 8.54. The number of halogens is 3. The topological polar surface area (TPSA) is 38.1 Å². The molecule has 1 atom stereocenters. The van der Waals surface area contributed by atoms with E-state index < -0.39 is 18.0 Å². The van der Waals surface area contributed by atoms with Crippen molar-refractivity contribution in [1.82, 2.24) is 9.78 Å². The molecule has 6 heteroatoms. The molecule has 0 amide bonds. The van der Waals surface area contributed by atoms with Crippen LogP contribution in [0.15, 0.2) is 6.07 Å². The van der Waals surface area contributed by atoms with E-state index in [9.17, 15) is 13.2 Å². The van der Waals surface area contributed by atoms with Crippen molar-refractivity contribution in [1.29, 1.82) is 0 Å². The van der Waals surface area contributed by atoms with E-state index in [0.29, 0.717) is 18.5 Å². The first-order valence-electron chi connectivity index (χ1n) is 4.59. The third-order valence-corrected chi connectivity index (χ3v) is 2.09. The van der Waals surface area contributed by atoms with Gasteiger partial charge in [0.1, 0.15) is 0 Å². The summed E-state index contributed by atoms with van der Waals surface area (Å²) < 4.78 is 38.0. The second kappa shape index (κ2) is 4.22. The van der Waals surface area contributed by atoms with E-state index in [-0.39, 0.29) is 0 Å². The lowest BCUT2D eigenvalue weighted by atomic mass is 10.1. The molecule has 0 fully saturated rings. The van der Waals surface area contributed by atoms with Crippen LogP contribution in [-0.2, 0) is 19.6 Å². The lowest BCUT2D eigenvalue weighted by molar-refractivity contribution is -0.141. The SMILES string of the molecule is CC(O)CCc1cc(C(F)(F)F)nn1C. The average Bonchev–Trinajstić information content (AvgIpc) is 2.42. The van der Waals surface area contributed by atoms with Gasteiger partial charge in [-0.25, -0.2) is 0 Å². The summed E-state index contributed by atoms with van der Waals surface area (Å²) in [7, 11) is 1.46. The van der Waals surface area contributed by atoms with Crippen molar-refractivity contribution in [3.05, 3.63) is 17.5 Å². The highest BCUT2D eigenvalue weighted by Gasteiger charge is 2.34. The number of nitrogens with zero attached hydrogens (tertiary/aromatic N) is 2. The molecule has 0 aliphatic carbocycles. The maximum Gasteiger partial charge on any atom is 0.435 e. The second-order valence-electron chi connectivity index (χ2n) is 3.53. The fraction of sp³-hybridized carbons (Fsp3) is 0.667. The third-order valence-electron chi connectivity index (χ3n) is 2.09. The molecule has 0 aliphatic rings. The van der Waals surface area contributed by atoms with E-state index >= 15 is 0 Å². The molecule has 0 radical (unpaired) electrons. The Hall–Kier alpha value is -1.04. The van der Waals surface area contributed by atoms with Gasteiger partial charge in [-0.2, -0.15) is 18.3 Å². The molecule has 1 heterocycles. The molecule has 1 rings (SSSR count). The van der Waals surface area contributed by atoms with Gasteiger partial charge in [0.05, 0.1) is 6.10 Å². The van der Waals surface area contributed by atoms with Crippen molar-refractivity contribution in [3.8, 4) is 0 Å². The predicted molar refractivity (Wildman–Crippen MR) is 48.2 cm³/mol. The van der Waals surface area contributed by atoms with Crippen LogP contribution in [0.25, 0.3) is 0 Å². The lowest BCUT2D eigenvalue weighted by Gasteiger charge is -2.03. The Morgan fingerprint density at radius 1 is 1.53 bits per heavy atom. The van der Waals surface area contributed by atoms with Gasteiger partial charge < -0.3 is 5.11 Å². The van der Waals surface area contributed by atoms with Gasteiger partial charge in [0.2, 0.25) is 0 Å². The number of hydrogen-bond donors (Lipinski definition) is 1. The quantitative estimate of drug-likeness (QED) is 0.846. The van der Waals surface area contributed by atoms with Gasteiger partial charge in [-0.15, -0.1) is 0 Å². The van der Waals surface area contributed by atoms with E-state index in [4.69, 9.17) is 5.11 Å². The monoisotopic (exact) mass is 222 g/mol. The third kappa shape index (κ3) is 3.23. The Morgan fingerprint density at radius 2 is 2.13 bits per heavy atom. The summed E-state index contributed by atoms with van der Waals surface area (Å²) >= 11 is 0. The molecule has 0 bridgehead atoms. The molecule has 86 valence electrons. The Morgan fingerprint density at radius 3 is 2.53 bits per heavy atom. The lowest BCUT2D eigenvalue weighted by Crippen LogP contribution is -2.07. The molecule has 1 unspecified atom stereocenters. The highest BCUT2D eigenvalue weighted by Crippen LogP contribution is 2.28. The molecule has 0 aliphatic heterocycles. The van der Waals surface area contributed by atoms with Crippen molar-refractivity contribution >= 4 is 0 Å². The van der Waals surface area contributed by atoms with Crippen molar-refractivity contribution in [2.45, 2.75) is 32.0 Å². The molecule has 1 N–H and O–H groups in total. The smallest absolute Gasteiger partial charge is 0.393 e. The normalized spacial score (nSPS) is 14.3. The average molecular weight is 222 g/mol. The van der Waals surface area contributed by atoms with E-state index in [0.717, 1.165) is 6.07 Å². The van der Waals surface area contributed by atoms with E-state index in [1.807, 2.05) is 0 Å². The number of hydrogen-bond acceptors (Lipinski definition) is 2. The molecule has 0 aromatic carbocycles. The van der Waals surface area contributed by atoms with Crippen LogP contribution < -0.4 is 0 Å². The summed E-state index contributed by atoms with van der Waals surface area (Å²) in [4.78, 5) is 0. The Bertz CT molecular complexity index is 331. The number of rotatable bonds is 3. The van der Waals surface area contributed by atoms with Crippen LogP contribution in [0.2, 0.25) is 0 Å². The van der Waals surface area contributed by atoms with Crippen LogP contribution in [0.3, 0.4) is 0 Å². The molecule has 3 nitrogen and oxygen atoms in total. The van der Waals surface area contributed by atoms with Crippen molar-refractivity contribution in [2.75, 3.05) is 0 Å². The summed E-state index contributed by atoms with van der Waals surface area (Å²) in [5, 5.41) is 12.4. The summed E-state index contributed by atoms with van der Waals surface area (Å²) in [5.41, 5.74) is -0.409. The largest absolute Gasteiger partial charge is 0.435 e. The molecule has 0 saturated carbocycles. The van der Waals surface area contributed by atoms with Crippen LogP contribution in [0, 0.1) is 0 Å². The van der Waals surface area contributed by atoms with Crippen LogP contribution in [-0.4, -0.2) is 21.0 Å². The molecule has 1 aromatic rings. The van der Waals surface area contributed by atoms with E-state index in [2.05, 4.69) is 5.10 Å². The predicted octanol–water partition coefficient (Wildman–Crippen LogP) is 1.75. The van der Waals surface area contributed by atoms with Crippen molar-refractivity contribution < 1.29 is 18.3 Å². The number of aliphatic hydroxyl groups is 1. The fourth-order valence-corrected chi connectivity index (χ4v) is 1.24. The van der Waals surface area contributed by atoms with Crippen LogP contribution in [0.4, 0.5) is 13.2 Å². The maximum absolute atomic E-state index is 12.3. The van der Waals surface area contributed by atoms with Crippen LogP contribution in [0.1, 0.15) is 24.7 Å². The molecular weight excluding hydrogens is 209 g/mol. The minimum atomic E-state index is -4.40. The van der Waals surface area contributed by atoms with Gasteiger partial charge in [0, 0.05) is 12.7 Å². The zero-order valence-electron chi connectivity index (χ0n) is 8.54. The number of aliphatic hydroxyl groups excluding tert-OH is 1. The van der Waals surface area contributed by atoms with Crippen molar-refractivity contribution in [3.63, 3.8) is 0 Å². The van der Waals surface area contributed by atoms with Gasteiger partial charge >= 0.3 is 6.18 Å². The van der Waals surface area contributed by atoms with Crippen LogP contribution >= 0.6 is 0 Å². The highest BCUT2D eigenvalue weighted by atomic mass is 19.4. The van der Waals surface area contributed by atoms with Crippen molar-refractivity contribution in [2.24, 2.45) is 7.05 Å². The highest BCUT2D eigenvalue weighted by molar-refractivity contribution is 5.13. The molecule has 0 saturated heterocycles.